The molecule has 0 saturated heterocycles. The zero-order valence-corrected chi connectivity index (χ0v) is 9.45. The predicted octanol–water partition coefficient (Wildman–Crippen LogP) is 0.800. The van der Waals surface area contributed by atoms with Gasteiger partial charge in [-0.3, -0.25) is 4.79 Å². The van der Waals surface area contributed by atoms with Gasteiger partial charge in [0.2, 0.25) is 0 Å². The van der Waals surface area contributed by atoms with Crippen molar-refractivity contribution in [1.29, 1.82) is 0 Å². The van der Waals surface area contributed by atoms with Gasteiger partial charge in [-0.15, -0.1) is 0 Å². The minimum Gasteiger partial charge on any atom is -0.481 e. The summed E-state index contributed by atoms with van der Waals surface area (Å²) in [5.41, 5.74) is 0.164. The van der Waals surface area contributed by atoms with Gasteiger partial charge in [-0.25, -0.2) is 0 Å². The van der Waals surface area contributed by atoms with Gasteiger partial charge >= 0.3 is 5.97 Å². The summed E-state index contributed by atoms with van der Waals surface area (Å²) in [6.45, 7) is 7.56. The molecule has 1 unspecified atom stereocenters. The molecule has 14 heavy (non-hydrogen) atoms. The van der Waals surface area contributed by atoms with Gasteiger partial charge in [0.25, 0.3) is 0 Å². The van der Waals surface area contributed by atoms with Crippen molar-refractivity contribution >= 4 is 5.97 Å². The van der Waals surface area contributed by atoms with Crippen molar-refractivity contribution in [2.75, 3.05) is 20.1 Å². The Morgan fingerprint density at radius 3 is 2.29 bits per heavy atom. The van der Waals surface area contributed by atoms with Crippen LogP contribution in [0.25, 0.3) is 0 Å². The highest BCUT2D eigenvalue weighted by molar-refractivity contribution is 5.67. The zero-order chi connectivity index (χ0) is 11.4. The fourth-order valence-electron chi connectivity index (χ4n) is 1.50. The number of hydrogen-bond donors (Lipinski definition) is 2. The molecular formula is C10H21NO3. The third-order valence-corrected chi connectivity index (χ3v) is 1.68. The minimum absolute atomic E-state index is 0.164. The third-order valence-electron chi connectivity index (χ3n) is 1.68. The van der Waals surface area contributed by atoms with Crippen LogP contribution in [0.2, 0.25) is 0 Å². The molecule has 0 bridgehead atoms. The average Bonchev–Trinajstić information content (AvgIpc) is 1.77. The molecule has 0 aromatic heterocycles. The van der Waals surface area contributed by atoms with Crippen LogP contribution in [0, 0.1) is 5.41 Å². The molecule has 4 nitrogen and oxygen atoms in total. The monoisotopic (exact) mass is 203 g/mol. The Balaban J connectivity index is 3.82. The molecule has 1 atom stereocenters. The first-order chi connectivity index (χ1) is 6.20. The van der Waals surface area contributed by atoms with Gasteiger partial charge in [-0.2, -0.15) is 0 Å². The van der Waals surface area contributed by atoms with E-state index in [2.05, 4.69) is 20.8 Å². The van der Waals surface area contributed by atoms with Gasteiger partial charge in [-0.05, 0) is 12.5 Å². The maximum absolute atomic E-state index is 10.3. The van der Waals surface area contributed by atoms with Crippen LogP contribution in [-0.4, -0.2) is 47.3 Å². The first-order valence-electron chi connectivity index (χ1n) is 4.79. The van der Waals surface area contributed by atoms with Crippen LogP contribution in [0.4, 0.5) is 0 Å². The maximum Gasteiger partial charge on any atom is 0.306 e. The lowest BCUT2D eigenvalue weighted by Crippen LogP contribution is -2.36. The van der Waals surface area contributed by atoms with Gasteiger partial charge in [-0.1, -0.05) is 20.8 Å². The molecule has 0 spiro atoms. The van der Waals surface area contributed by atoms with Crippen LogP contribution in [0.15, 0.2) is 0 Å². The number of aliphatic hydroxyl groups excluding tert-OH is 1. The number of carboxylic acid groups (broad SMARTS) is 1. The Bertz CT molecular complexity index is 186. The number of rotatable bonds is 5. The van der Waals surface area contributed by atoms with Crippen LogP contribution in [0.1, 0.15) is 27.2 Å². The van der Waals surface area contributed by atoms with E-state index in [1.165, 1.54) is 0 Å². The van der Waals surface area contributed by atoms with Gasteiger partial charge in [0.15, 0.2) is 0 Å². The number of hydrogen-bond acceptors (Lipinski definition) is 3. The van der Waals surface area contributed by atoms with E-state index in [0.29, 0.717) is 6.54 Å². The van der Waals surface area contributed by atoms with Crippen molar-refractivity contribution in [2.24, 2.45) is 5.41 Å². The highest BCUT2D eigenvalue weighted by atomic mass is 16.4. The van der Waals surface area contributed by atoms with E-state index < -0.39 is 12.1 Å². The molecule has 84 valence electrons. The molecule has 0 aromatic rings. The van der Waals surface area contributed by atoms with Gasteiger partial charge in [0.1, 0.15) is 0 Å². The maximum atomic E-state index is 10.3. The fourth-order valence-corrected chi connectivity index (χ4v) is 1.50. The van der Waals surface area contributed by atoms with E-state index >= 15 is 0 Å². The molecule has 0 heterocycles. The first-order valence-corrected chi connectivity index (χ1v) is 4.79. The molecule has 0 saturated carbocycles. The largest absolute Gasteiger partial charge is 0.481 e. The highest BCUT2D eigenvalue weighted by Gasteiger charge is 2.17. The SMILES string of the molecule is CN(CC(O)CC(=O)O)CC(C)(C)C. The van der Waals surface area contributed by atoms with Crippen LogP contribution < -0.4 is 0 Å². The molecule has 2 N–H and O–H groups in total. The van der Waals surface area contributed by atoms with Crippen molar-refractivity contribution in [3.8, 4) is 0 Å². The molecule has 4 heteroatoms. The van der Waals surface area contributed by atoms with E-state index in [4.69, 9.17) is 5.11 Å². The van der Waals surface area contributed by atoms with E-state index in [1.54, 1.807) is 0 Å². The quantitative estimate of drug-likeness (QED) is 0.694. The zero-order valence-electron chi connectivity index (χ0n) is 9.45. The lowest BCUT2D eigenvalue weighted by molar-refractivity contribution is -0.139. The number of nitrogens with zero attached hydrogens (tertiary/aromatic N) is 1. The fraction of sp³-hybridized carbons (Fsp3) is 0.900. The summed E-state index contributed by atoms with van der Waals surface area (Å²) in [7, 11) is 1.89. The summed E-state index contributed by atoms with van der Waals surface area (Å²) < 4.78 is 0. The second-order valence-electron chi connectivity index (χ2n) is 5.01. The van der Waals surface area contributed by atoms with Gasteiger partial charge in [0, 0.05) is 13.1 Å². The number of carboxylic acids is 1. The van der Waals surface area contributed by atoms with E-state index in [9.17, 15) is 9.90 Å². The third kappa shape index (κ3) is 8.01. The average molecular weight is 203 g/mol. The molecule has 0 radical (unpaired) electrons. The number of likely N-dealkylation sites (N-methyl/N-ethyl adjacent to an activating group) is 1. The van der Waals surface area contributed by atoms with Gasteiger partial charge in [0.05, 0.1) is 12.5 Å². The molecule has 0 rings (SSSR count). The van der Waals surface area contributed by atoms with E-state index in [-0.39, 0.29) is 11.8 Å². The van der Waals surface area contributed by atoms with Crippen molar-refractivity contribution in [3.05, 3.63) is 0 Å². The minimum atomic E-state index is -0.957. The summed E-state index contributed by atoms with van der Waals surface area (Å²) in [6.07, 6.45) is -0.964. The van der Waals surface area contributed by atoms with Crippen molar-refractivity contribution in [1.82, 2.24) is 4.90 Å². The Labute approximate surface area is 85.5 Å². The Kier molecular flexibility index (Phi) is 5.08. The molecule has 0 aliphatic heterocycles. The van der Waals surface area contributed by atoms with E-state index in [1.807, 2.05) is 11.9 Å². The number of carbonyl (C=O) groups is 1. The Hall–Kier alpha value is -0.610. The predicted molar refractivity (Wildman–Crippen MR) is 55.2 cm³/mol. The number of aliphatic hydroxyl groups is 1. The molecule has 0 amide bonds. The van der Waals surface area contributed by atoms with Crippen LogP contribution >= 0.6 is 0 Å². The highest BCUT2D eigenvalue weighted by Crippen LogP contribution is 2.14. The molecule has 0 aromatic carbocycles. The second-order valence-corrected chi connectivity index (χ2v) is 5.01. The summed E-state index contributed by atoms with van der Waals surface area (Å²) in [6, 6.07) is 0. The van der Waals surface area contributed by atoms with E-state index in [0.717, 1.165) is 6.54 Å². The molecule has 0 fully saturated rings. The van der Waals surface area contributed by atoms with Crippen LogP contribution in [0.3, 0.4) is 0 Å². The second kappa shape index (κ2) is 5.32. The molecule has 0 aliphatic rings. The lowest BCUT2D eigenvalue weighted by Gasteiger charge is -2.27. The normalized spacial score (nSPS) is 14.4. The first kappa shape index (κ1) is 13.4. The topological polar surface area (TPSA) is 60.8 Å². The number of aliphatic carboxylic acids is 1. The smallest absolute Gasteiger partial charge is 0.306 e. The lowest BCUT2D eigenvalue weighted by atomic mass is 9.96. The van der Waals surface area contributed by atoms with Crippen molar-refractivity contribution < 1.29 is 15.0 Å². The van der Waals surface area contributed by atoms with Crippen molar-refractivity contribution in [3.63, 3.8) is 0 Å². The standard InChI is InChI=1S/C10H21NO3/c1-10(2,3)7-11(4)6-8(12)5-9(13)14/h8,12H,5-7H2,1-4H3,(H,13,14). The van der Waals surface area contributed by atoms with Gasteiger partial charge < -0.3 is 15.1 Å². The molecular weight excluding hydrogens is 182 g/mol. The summed E-state index contributed by atoms with van der Waals surface area (Å²) in [5, 5.41) is 17.8. The summed E-state index contributed by atoms with van der Waals surface area (Å²) >= 11 is 0. The van der Waals surface area contributed by atoms with Crippen LogP contribution in [0.5, 0.6) is 0 Å². The molecule has 0 aliphatic carbocycles. The Morgan fingerprint density at radius 2 is 1.93 bits per heavy atom. The Morgan fingerprint density at radius 1 is 1.43 bits per heavy atom. The summed E-state index contributed by atoms with van der Waals surface area (Å²) in [5.74, 6) is -0.957. The summed E-state index contributed by atoms with van der Waals surface area (Å²) in [4.78, 5) is 12.2. The van der Waals surface area contributed by atoms with Crippen molar-refractivity contribution in [2.45, 2.75) is 33.3 Å². The van der Waals surface area contributed by atoms with Crippen LogP contribution in [-0.2, 0) is 4.79 Å².